The molecule has 0 aromatic heterocycles. The average Bonchev–Trinajstić information content (AvgIpc) is 2.51. The van der Waals surface area contributed by atoms with Gasteiger partial charge in [0.2, 0.25) is 5.91 Å². The molecule has 7 nitrogen and oxygen atoms in total. The Balaban J connectivity index is 2.80. The van der Waals surface area contributed by atoms with E-state index in [1.807, 2.05) is 0 Å². The molecule has 1 aromatic rings. The first-order valence-corrected chi connectivity index (χ1v) is 7.24. The summed E-state index contributed by atoms with van der Waals surface area (Å²) >= 11 is 0. The van der Waals surface area contributed by atoms with E-state index >= 15 is 0 Å². The van der Waals surface area contributed by atoms with Crippen molar-refractivity contribution >= 4 is 17.8 Å². The molecular formula is C16H22N2O5. The van der Waals surface area contributed by atoms with Crippen LogP contribution in [0, 0.1) is 5.92 Å². The third-order valence-electron chi connectivity index (χ3n) is 3.32. The number of hydrogen-bond acceptors (Lipinski definition) is 4. The fourth-order valence-corrected chi connectivity index (χ4v) is 1.87. The van der Waals surface area contributed by atoms with Crippen LogP contribution in [-0.4, -0.2) is 42.1 Å². The Labute approximate surface area is 135 Å². The van der Waals surface area contributed by atoms with Crippen LogP contribution in [0.2, 0.25) is 0 Å². The van der Waals surface area contributed by atoms with Gasteiger partial charge in [0.1, 0.15) is 17.8 Å². The van der Waals surface area contributed by atoms with Gasteiger partial charge in [-0.3, -0.25) is 14.4 Å². The summed E-state index contributed by atoms with van der Waals surface area (Å²) in [5.41, 5.74) is 0.385. The Hall–Kier alpha value is -2.57. The van der Waals surface area contributed by atoms with Crippen molar-refractivity contribution in [2.45, 2.75) is 32.9 Å². The molecule has 23 heavy (non-hydrogen) atoms. The van der Waals surface area contributed by atoms with E-state index in [2.05, 4.69) is 10.6 Å². The van der Waals surface area contributed by atoms with E-state index in [9.17, 15) is 14.4 Å². The maximum atomic E-state index is 12.2. The van der Waals surface area contributed by atoms with E-state index in [-0.39, 0.29) is 5.92 Å². The highest BCUT2D eigenvalue weighted by Gasteiger charge is 2.27. The summed E-state index contributed by atoms with van der Waals surface area (Å²) in [6, 6.07) is 4.61. The van der Waals surface area contributed by atoms with Crippen LogP contribution in [0.1, 0.15) is 31.1 Å². The normalized spacial score (nSPS) is 13.1. The summed E-state index contributed by atoms with van der Waals surface area (Å²) in [5.74, 6) is -1.66. The zero-order valence-corrected chi connectivity index (χ0v) is 13.6. The minimum absolute atomic E-state index is 0.196. The number of nitrogens with one attached hydrogen (secondary N) is 2. The Morgan fingerprint density at radius 1 is 1.04 bits per heavy atom. The second kappa shape index (κ2) is 8.17. The van der Waals surface area contributed by atoms with Gasteiger partial charge < -0.3 is 20.5 Å². The zero-order chi connectivity index (χ0) is 17.6. The molecule has 0 aliphatic heterocycles. The van der Waals surface area contributed by atoms with Crippen molar-refractivity contribution < 1.29 is 24.2 Å². The van der Waals surface area contributed by atoms with Crippen molar-refractivity contribution in [3.05, 3.63) is 29.8 Å². The fourth-order valence-electron chi connectivity index (χ4n) is 1.87. The highest BCUT2D eigenvalue weighted by Crippen LogP contribution is 2.12. The molecule has 0 bridgehead atoms. The van der Waals surface area contributed by atoms with Gasteiger partial charge in [-0.05, 0) is 37.1 Å². The van der Waals surface area contributed by atoms with Crippen LogP contribution in [-0.2, 0) is 9.59 Å². The lowest BCUT2D eigenvalue weighted by Crippen LogP contribution is -2.53. The van der Waals surface area contributed by atoms with Crippen LogP contribution >= 0.6 is 0 Å². The molecule has 0 aliphatic rings. The molecule has 0 radical (unpaired) electrons. The van der Waals surface area contributed by atoms with Crippen LogP contribution in [0.5, 0.6) is 5.75 Å². The summed E-state index contributed by atoms with van der Waals surface area (Å²) in [7, 11) is 1.53. The second-order valence-corrected chi connectivity index (χ2v) is 5.49. The standard InChI is InChI=1S/C16H22N2O5/c1-9(2)13(15(20)17-10(3)16(21)22)18-14(19)11-5-7-12(23-4)8-6-11/h5-10,13H,1-4H3,(H,17,20)(H,18,19)(H,21,22)/t10-,13?/m1/s1. The van der Waals surface area contributed by atoms with Gasteiger partial charge in [-0.15, -0.1) is 0 Å². The maximum absolute atomic E-state index is 12.2. The lowest BCUT2D eigenvalue weighted by Gasteiger charge is -2.23. The van der Waals surface area contributed by atoms with Gasteiger partial charge in [0.15, 0.2) is 0 Å². The first kappa shape index (κ1) is 18.5. The van der Waals surface area contributed by atoms with Crippen LogP contribution in [0.15, 0.2) is 24.3 Å². The molecule has 1 rings (SSSR count). The number of methoxy groups -OCH3 is 1. The lowest BCUT2D eigenvalue weighted by atomic mass is 10.0. The molecule has 0 spiro atoms. The number of aliphatic carboxylic acids is 1. The SMILES string of the molecule is COc1ccc(C(=O)NC(C(=O)N[C@H](C)C(=O)O)C(C)C)cc1. The van der Waals surface area contributed by atoms with Crippen molar-refractivity contribution in [3.63, 3.8) is 0 Å². The maximum Gasteiger partial charge on any atom is 0.325 e. The molecule has 1 aromatic carbocycles. The van der Waals surface area contributed by atoms with Crippen LogP contribution in [0.25, 0.3) is 0 Å². The number of rotatable bonds is 7. The lowest BCUT2D eigenvalue weighted by molar-refractivity contribution is -0.141. The molecule has 126 valence electrons. The van der Waals surface area contributed by atoms with Crippen LogP contribution in [0.3, 0.4) is 0 Å². The molecule has 7 heteroatoms. The third-order valence-corrected chi connectivity index (χ3v) is 3.32. The molecule has 1 unspecified atom stereocenters. The molecule has 2 atom stereocenters. The van der Waals surface area contributed by atoms with Crippen LogP contribution in [0.4, 0.5) is 0 Å². The predicted molar refractivity (Wildman–Crippen MR) is 84.3 cm³/mol. The molecule has 0 heterocycles. The van der Waals surface area contributed by atoms with Crippen molar-refractivity contribution in [1.29, 1.82) is 0 Å². The van der Waals surface area contributed by atoms with Gasteiger partial charge in [0.25, 0.3) is 5.91 Å². The van der Waals surface area contributed by atoms with Crippen molar-refractivity contribution in [2.75, 3.05) is 7.11 Å². The minimum Gasteiger partial charge on any atom is -0.497 e. The largest absolute Gasteiger partial charge is 0.497 e. The highest BCUT2D eigenvalue weighted by atomic mass is 16.5. The van der Waals surface area contributed by atoms with Crippen LogP contribution < -0.4 is 15.4 Å². The van der Waals surface area contributed by atoms with E-state index in [0.29, 0.717) is 11.3 Å². The number of ether oxygens (including phenoxy) is 1. The van der Waals surface area contributed by atoms with Gasteiger partial charge in [-0.1, -0.05) is 13.8 Å². The summed E-state index contributed by atoms with van der Waals surface area (Å²) in [6.07, 6.45) is 0. The van der Waals surface area contributed by atoms with Crippen molar-refractivity contribution in [1.82, 2.24) is 10.6 Å². The summed E-state index contributed by atoms with van der Waals surface area (Å²) < 4.78 is 5.02. The third kappa shape index (κ3) is 5.28. The number of amides is 2. The first-order valence-electron chi connectivity index (χ1n) is 7.24. The number of carboxylic acids is 1. The van der Waals surface area contributed by atoms with Crippen molar-refractivity contribution in [2.24, 2.45) is 5.92 Å². The molecule has 0 aliphatic carbocycles. The topological polar surface area (TPSA) is 105 Å². The number of hydrogen-bond donors (Lipinski definition) is 3. The molecule has 2 amide bonds. The molecule has 3 N–H and O–H groups in total. The molecule has 0 fully saturated rings. The van der Waals surface area contributed by atoms with Gasteiger partial charge in [-0.25, -0.2) is 0 Å². The smallest absolute Gasteiger partial charge is 0.325 e. The van der Waals surface area contributed by atoms with E-state index < -0.39 is 29.9 Å². The van der Waals surface area contributed by atoms with E-state index in [4.69, 9.17) is 9.84 Å². The summed E-state index contributed by atoms with van der Waals surface area (Å²) in [6.45, 7) is 4.90. The first-order chi connectivity index (χ1) is 10.8. The number of carbonyl (C=O) groups excluding carboxylic acids is 2. The predicted octanol–water partition coefficient (Wildman–Crippen LogP) is 1.04. The van der Waals surface area contributed by atoms with Gasteiger partial charge in [0.05, 0.1) is 7.11 Å². The van der Waals surface area contributed by atoms with Gasteiger partial charge in [-0.2, -0.15) is 0 Å². The van der Waals surface area contributed by atoms with Gasteiger partial charge in [0, 0.05) is 5.56 Å². The Kier molecular flexibility index (Phi) is 6.56. The summed E-state index contributed by atoms with van der Waals surface area (Å²) in [4.78, 5) is 35.2. The Bertz CT molecular complexity index is 568. The Morgan fingerprint density at radius 2 is 1.61 bits per heavy atom. The molecule has 0 saturated carbocycles. The molecular weight excluding hydrogens is 300 g/mol. The van der Waals surface area contributed by atoms with E-state index in [1.54, 1.807) is 38.1 Å². The highest BCUT2D eigenvalue weighted by molar-refractivity contribution is 5.98. The summed E-state index contributed by atoms with van der Waals surface area (Å²) in [5, 5.41) is 13.8. The molecule has 0 saturated heterocycles. The van der Waals surface area contributed by atoms with Crippen molar-refractivity contribution in [3.8, 4) is 5.75 Å². The van der Waals surface area contributed by atoms with Gasteiger partial charge >= 0.3 is 5.97 Å². The average molecular weight is 322 g/mol. The van der Waals surface area contributed by atoms with E-state index in [0.717, 1.165) is 0 Å². The second-order valence-electron chi connectivity index (χ2n) is 5.49. The number of carbonyl (C=O) groups is 3. The Morgan fingerprint density at radius 3 is 2.04 bits per heavy atom. The fraction of sp³-hybridized carbons (Fsp3) is 0.438. The quantitative estimate of drug-likeness (QED) is 0.695. The number of benzene rings is 1. The zero-order valence-electron chi connectivity index (χ0n) is 13.6. The van der Waals surface area contributed by atoms with E-state index in [1.165, 1.54) is 14.0 Å². The number of carboxylic acid groups (broad SMARTS) is 1. The minimum atomic E-state index is -1.14. The monoisotopic (exact) mass is 322 g/mol.